The molecule has 1 aromatic carbocycles. The predicted octanol–water partition coefficient (Wildman–Crippen LogP) is 1.02. The normalized spacial score (nSPS) is 10.8. The topological polar surface area (TPSA) is 67.6 Å². The number of hydrogen-bond acceptors (Lipinski definition) is 4. The quantitative estimate of drug-likeness (QED) is 0.733. The van der Waals surface area contributed by atoms with Crippen LogP contribution in [0.15, 0.2) is 12.1 Å². The van der Waals surface area contributed by atoms with Crippen LogP contribution in [0.3, 0.4) is 0 Å². The Hall–Kier alpha value is -1.66. The van der Waals surface area contributed by atoms with E-state index in [0.29, 0.717) is 25.3 Å². The van der Waals surface area contributed by atoms with Gasteiger partial charge in [0.25, 0.3) is 5.91 Å². The average Bonchev–Trinajstić information content (AvgIpc) is 2.41. The molecule has 0 aliphatic heterocycles. The largest absolute Gasteiger partial charge is 0.398 e. The summed E-state index contributed by atoms with van der Waals surface area (Å²) in [6, 6.07) is 2.69. The standard InChI is InChI=1S/C14H22FN3O2/c1-10-12(15)8-11(9-13(10)16)14(19)17-4-5-18(2)6-7-20-3/h8-9H,4-7,16H2,1-3H3,(H,17,19). The van der Waals surface area contributed by atoms with Crippen molar-refractivity contribution < 1.29 is 13.9 Å². The fourth-order valence-electron chi connectivity index (χ4n) is 1.65. The number of carbonyl (C=O) groups excluding carboxylic acids is 1. The van der Waals surface area contributed by atoms with Crippen molar-refractivity contribution in [3.63, 3.8) is 0 Å². The highest BCUT2D eigenvalue weighted by molar-refractivity contribution is 5.95. The summed E-state index contributed by atoms with van der Waals surface area (Å²) in [4.78, 5) is 13.9. The SMILES string of the molecule is COCCN(C)CCNC(=O)c1cc(N)c(C)c(F)c1. The number of halogens is 1. The lowest BCUT2D eigenvalue weighted by Gasteiger charge is -2.16. The summed E-state index contributed by atoms with van der Waals surface area (Å²) in [5.74, 6) is -0.789. The third-order valence-corrected chi connectivity index (χ3v) is 3.10. The minimum Gasteiger partial charge on any atom is -0.398 e. The molecule has 112 valence electrons. The molecule has 5 nitrogen and oxygen atoms in total. The lowest BCUT2D eigenvalue weighted by Crippen LogP contribution is -2.34. The van der Waals surface area contributed by atoms with Gasteiger partial charge in [0.2, 0.25) is 0 Å². The van der Waals surface area contributed by atoms with Gasteiger partial charge in [0.15, 0.2) is 0 Å². The predicted molar refractivity (Wildman–Crippen MR) is 77.3 cm³/mol. The van der Waals surface area contributed by atoms with Gasteiger partial charge in [0.05, 0.1) is 6.61 Å². The van der Waals surface area contributed by atoms with Crippen molar-refractivity contribution in [3.05, 3.63) is 29.1 Å². The Kier molecular flexibility index (Phi) is 6.41. The number of nitrogens with one attached hydrogen (secondary N) is 1. The van der Waals surface area contributed by atoms with E-state index in [1.807, 2.05) is 11.9 Å². The van der Waals surface area contributed by atoms with Crippen molar-refractivity contribution in [1.82, 2.24) is 10.2 Å². The van der Waals surface area contributed by atoms with Crippen LogP contribution < -0.4 is 11.1 Å². The van der Waals surface area contributed by atoms with Crippen LogP contribution in [0.4, 0.5) is 10.1 Å². The number of carbonyl (C=O) groups is 1. The van der Waals surface area contributed by atoms with E-state index >= 15 is 0 Å². The summed E-state index contributed by atoms with van der Waals surface area (Å²) in [6.45, 7) is 4.19. The van der Waals surface area contributed by atoms with Gasteiger partial charge >= 0.3 is 0 Å². The summed E-state index contributed by atoms with van der Waals surface area (Å²) < 4.78 is 18.5. The molecule has 3 N–H and O–H groups in total. The number of ether oxygens (including phenoxy) is 1. The van der Waals surface area contributed by atoms with E-state index in [1.54, 1.807) is 14.0 Å². The Bertz CT molecular complexity index is 443. The Morgan fingerprint density at radius 2 is 2.15 bits per heavy atom. The van der Waals surface area contributed by atoms with Crippen molar-refractivity contribution in [2.75, 3.05) is 46.1 Å². The lowest BCUT2D eigenvalue weighted by molar-refractivity contribution is 0.0947. The first-order valence-electron chi connectivity index (χ1n) is 6.47. The molecular weight excluding hydrogens is 261 g/mol. The first kappa shape index (κ1) is 16.4. The van der Waals surface area contributed by atoms with E-state index in [0.717, 1.165) is 6.54 Å². The lowest BCUT2D eigenvalue weighted by atomic mass is 10.1. The number of rotatable bonds is 7. The Labute approximate surface area is 118 Å². The van der Waals surface area contributed by atoms with Gasteiger partial charge in [-0.3, -0.25) is 4.79 Å². The highest BCUT2D eigenvalue weighted by atomic mass is 19.1. The maximum Gasteiger partial charge on any atom is 0.251 e. The van der Waals surface area contributed by atoms with Crippen LogP contribution in [0, 0.1) is 12.7 Å². The summed E-state index contributed by atoms with van der Waals surface area (Å²) in [5.41, 5.74) is 6.54. The van der Waals surface area contributed by atoms with Crippen LogP contribution in [0.1, 0.15) is 15.9 Å². The number of anilines is 1. The molecule has 0 fully saturated rings. The number of nitrogen functional groups attached to an aromatic ring is 1. The number of nitrogens with zero attached hydrogens (tertiary/aromatic N) is 1. The maximum absolute atomic E-state index is 13.5. The van der Waals surface area contributed by atoms with Crippen molar-refractivity contribution in [3.8, 4) is 0 Å². The monoisotopic (exact) mass is 283 g/mol. The van der Waals surface area contributed by atoms with Crippen molar-refractivity contribution in [2.24, 2.45) is 0 Å². The summed E-state index contributed by atoms with van der Waals surface area (Å²) in [6.07, 6.45) is 0. The van der Waals surface area contributed by atoms with Gasteiger partial charge < -0.3 is 20.7 Å². The van der Waals surface area contributed by atoms with Gasteiger partial charge in [0.1, 0.15) is 5.82 Å². The number of amides is 1. The number of hydrogen-bond donors (Lipinski definition) is 2. The molecule has 20 heavy (non-hydrogen) atoms. The van der Waals surface area contributed by atoms with E-state index in [9.17, 15) is 9.18 Å². The molecule has 0 unspecified atom stereocenters. The van der Waals surface area contributed by atoms with Gasteiger partial charge in [-0.2, -0.15) is 0 Å². The molecule has 6 heteroatoms. The molecule has 0 bridgehead atoms. The molecule has 1 aromatic rings. The summed E-state index contributed by atoms with van der Waals surface area (Å²) in [5, 5.41) is 2.74. The zero-order valence-corrected chi connectivity index (χ0v) is 12.2. The van der Waals surface area contributed by atoms with E-state index in [4.69, 9.17) is 10.5 Å². The maximum atomic E-state index is 13.5. The molecule has 0 atom stereocenters. The van der Waals surface area contributed by atoms with Gasteiger partial charge in [-0.25, -0.2) is 4.39 Å². The highest BCUT2D eigenvalue weighted by Crippen LogP contribution is 2.17. The summed E-state index contributed by atoms with van der Waals surface area (Å²) in [7, 11) is 3.58. The molecule has 0 saturated heterocycles. The Balaban J connectivity index is 2.47. The summed E-state index contributed by atoms with van der Waals surface area (Å²) >= 11 is 0. The number of likely N-dealkylation sites (N-methyl/N-ethyl adjacent to an activating group) is 1. The third-order valence-electron chi connectivity index (χ3n) is 3.10. The number of methoxy groups -OCH3 is 1. The molecular formula is C14H22FN3O2. The van der Waals surface area contributed by atoms with Crippen molar-refractivity contribution >= 4 is 11.6 Å². The van der Waals surface area contributed by atoms with E-state index in [2.05, 4.69) is 5.32 Å². The fraction of sp³-hybridized carbons (Fsp3) is 0.500. The second-order valence-electron chi connectivity index (χ2n) is 4.72. The third kappa shape index (κ3) is 4.79. The van der Waals surface area contributed by atoms with E-state index in [-0.39, 0.29) is 17.2 Å². The molecule has 0 aliphatic rings. The zero-order chi connectivity index (χ0) is 15.1. The first-order valence-corrected chi connectivity index (χ1v) is 6.47. The molecule has 1 rings (SSSR count). The number of nitrogens with two attached hydrogens (primary N) is 1. The molecule has 0 radical (unpaired) electrons. The van der Waals surface area contributed by atoms with Crippen molar-refractivity contribution in [1.29, 1.82) is 0 Å². The Morgan fingerprint density at radius 1 is 1.45 bits per heavy atom. The van der Waals surface area contributed by atoms with Crippen LogP contribution in [-0.4, -0.2) is 51.2 Å². The van der Waals surface area contributed by atoms with Crippen LogP contribution >= 0.6 is 0 Å². The van der Waals surface area contributed by atoms with Gasteiger partial charge in [-0.1, -0.05) is 0 Å². The Morgan fingerprint density at radius 3 is 2.75 bits per heavy atom. The molecule has 0 saturated carbocycles. The van der Waals surface area contributed by atoms with Crippen LogP contribution in [0.2, 0.25) is 0 Å². The molecule has 0 aliphatic carbocycles. The second-order valence-corrected chi connectivity index (χ2v) is 4.72. The number of benzene rings is 1. The first-order chi connectivity index (χ1) is 9.45. The van der Waals surface area contributed by atoms with Gasteiger partial charge in [-0.05, 0) is 26.1 Å². The van der Waals surface area contributed by atoms with Crippen LogP contribution in [-0.2, 0) is 4.74 Å². The van der Waals surface area contributed by atoms with Gasteiger partial charge in [0, 0.05) is 43.6 Å². The van der Waals surface area contributed by atoms with Gasteiger partial charge in [-0.15, -0.1) is 0 Å². The van der Waals surface area contributed by atoms with Crippen LogP contribution in [0.5, 0.6) is 0 Å². The van der Waals surface area contributed by atoms with Crippen molar-refractivity contribution in [2.45, 2.75) is 6.92 Å². The highest BCUT2D eigenvalue weighted by Gasteiger charge is 2.10. The molecule has 0 aromatic heterocycles. The second kappa shape index (κ2) is 7.81. The smallest absolute Gasteiger partial charge is 0.251 e. The van der Waals surface area contributed by atoms with E-state index in [1.165, 1.54) is 12.1 Å². The van der Waals surface area contributed by atoms with E-state index < -0.39 is 5.82 Å². The molecule has 1 amide bonds. The molecule has 0 spiro atoms. The average molecular weight is 283 g/mol. The minimum absolute atomic E-state index is 0.241. The van der Waals surface area contributed by atoms with Crippen LogP contribution in [0.25, 0.3) is 0 Å². The zero-order valence-electron chi connectivity index (χ0n) is 12.2. The fourth-order valence-corrected chi connectivity index (χ4v) is 1.65. The molecule has 0 heterocycles. The minimum atomic E-state index is -0.465.